The molecule has 2 aromatic rings. The van der Waals surface area contributed by atoms with Gasteiger partial charge in [-0.1, -0.05) is 34.5 Å². The van der Waals surface area contributed by atoms with E-state index < -0.39 is 5.91 Å². The molecule has 0 saturated heterocycles. The molecule has 6 nitrogen and oxygen atoms in total. The maximum absolute atomic E-state index is 12.7. The van der Waals surface area contributed by atoms with Gasteiger partial charge in [-0.3, -0.25) is 4.79 Å². The lowest BCUT2D eigenvalue weighted by atomic mass is 10.1. The van der Waals surface area contributed by atoms with Gasteiger partial charge >= 0.3 is 0 Å². The normalized spacial score (nSPS) is 10.8. The van der Waals surface area contributed by atoms with Crippen LogP contribution in [0.4, 0.5) is 5.69 Å². The van der Waals surface area contributed by atoms with E-state index in [1.165, 1.54) is 32.4 Å². The first kappa shape index (κ1) is 22.6. The number of hydrogen-bond acceptors (Lipinski definition) is 5. The van der Waals surface area contributed by atoms with Gasteiger partial charge in [-0.2, -0.15) is 5.26 Å². The molecule has 8 heteroatoms. The molecule has 0 unspecified atom stereocenters. The second kappa shape index (κ2) is 10.7. The topological polar surface area (TPSA) is 80.6 Å². The fraction of sp³-hybridized carbons (Fsp3) is 0.238. The number of benzene rings is 2. The van der Waals surface area contributed by atoms with Crippen LogP contribution in [0.1, 0.15) is 18.9 Å². The second-order valence-corrected chi connectivity index (χ2v) is 7.16. The number of nitrogens with zero attached hydrogens (tertiary/aromatic N) is 1. The lowest BCUT2D eigenvalue weighted by Gasteiger charge is -2.13. The highest BCUT2D eigenvalue weighted by molar-refractivity contribution is 9.10. The number of carbonyl (C=O) groups is 1. The molecule has 29 heavy (non-hydrogen) atoms. The summed E-state index contributed by atoms with van der Waals surface area (Å²) in [7, 11) is 2.92. The van der Waals surface area contributed by atoms with Crippen molar-refractivity contribution in [3.63, 3.8) is 0 Å². The van der Waals surface area contributed by atoms with Gasteiger partial charge in [0, 0.05) is 22.2 Å². The van der Waals surface area contributed by atoms with Crippen molar-refractivity contribution >= 4 is 45.2 Å². The van der Waals surface area contributed by atoms with Crippen molar-refractivity contribution in [2.75, 3.05) is 26.1 Å². The highest BCUT2D eigenvalue weighted by Crippen LogP contribution is 2.36. The first-order valence-corrected chi connectivity index (χ1v) is 9.87. The number of methoxy groups -OCH3 is 2. The van der Waals surface area contributed by atoms with Crippen LogP contribution >= 0.6 is 27.5 Å². The van der Waals surface area contributed by atoms with Gasteiger partial charge in [-0.15, -0.1) is 0 Å². The van der Waals surface area contributed by atoms with E-state index in [4.69, 9.17) is 25.8 Å². The molecule has 0 fully saturated rings. The van der Waals surface area contributed by atoms with Gasteiger partial charge in [0.25, 0.3) is 5.91 Å². The number of ether oxygens (including phenoxy) is 3. The van der Waals surface area contributed by atoms with Crippen LogP contribution in [-0.2, 0) is 4.79 Å². The molecule has 0 aromatic heterocycles. The molecule has 0 radical (unpaired) electrons. The maximum atomic E-state index is 12.7. The van der Waals surface area contributed by atoms with Crippen LogP contribution in [0.5, 0.6) is 17.2 Å². The highest BCUT2D eigenvalue weighted by Gasteiger charge is 2.16. The number of nitrogens with one attached hydrogen (secondary N) is 1. The first-order valence-electron chi connectivity index (χ1n) is 8.70. The molecule has 0 spiro atoms. The Bertz CT molecular complexity index is 970. The van der Waals surface area contributed by atoms with Crippen LogP contribution in [-0.4, -0.2) is 26.7 Å². The Morgan fingerprint density at radius 1 is 1.21 bits per heavy atom. The van der Waals surface area contributed by atoms with Gasteiger partial charge in [0.1, 0.15) is 28.9 Å². The van der Waals surface area contributed by atoms with Crippen LogP contribution in [0.3, 0.4) is 0 Å². The Kier molecular flexibility index (Phi) is 8.37. The average Bonchev–Trinajstić information content (AvgIpc) is 2.72. The molecule has 2 aromatic carbocycles. The predicted molar refractivity (Wildman–Crippen MR) is 117 cm³/mol. The van der Waals surface area contributed by atoms with Crippen molar-refractivity contribution in [2.24, 2.45) is 0 Å². The van der Waals surface area contributed by atoms with Crippen molar-refractivity contribution in [3.8, 4) is 23.3 Å². The molecule has 0 aliphatic rings. The Hall–Kier alpha value is -2.69. The quantitative estimate of drug-likeness (QED) is 0.402. The molecular weight excluding hydrogens is 460 g/mol. The Balaban J connectivity index is 2.37. The first-order chi connectivity index (χ1) is 13.9. The van der Waals surface area contributed by atoms with Gasteiger partial charge in [-0.25, -0.2) is 0 Å². The molecular formula is C21H20BrClN2O4. The van der Waals surface area contributed by atoms with E-state index in [1.54, 1.807) is 12.1 Å². The minimum Gasteiger partial charge on any atom is -0.495 e. The molecule has 0 saturated carbocycles. The SMILES string of the molecule is CCCOc1ccc(Br)cc1/C=C(\C#N)C(=O)Nc1cc(OC)c(Cl)cc1OC. The summed E-state index contributed by atoms with van der Waals surface area (Å²) >= 11 is 9.49. The standard InChI is InChI=1S/C21H20BrClN2O4/c1-4-7-29-18-6-5-15(22)9-13(18)8-14(12-24)21(26)25-17-11-19(27-2)16(23)10-20(17)28-3/h5-6,8-11H,4,7H2,1-3H3,(H,25,26)/b14-8+. The number of carbonyl (C=O) groups excluding carboxylic acids is 1. The van der Waals surface area contributed by atoms with E-state index in [9.17, 15) is 10.1 Å². The molecule has 1 N–H and O–H groups in total. The van der Waals surface area contributed by atoms with E-state index in [2.05, 4.69) is 21.2 Å². The Morgan fingerprint density at radius 2 is 1.93 bits per heavy atom. The summed E-state index contributed by atoms with van der Waals surface area (Å²) in [6.07, 6.45) is 2.31. The minimum absolute atomic E-state index is 0.0968. The van der Waals surface area contributed by atoms with E-state index >= 15 is 0 Å². The van der Waals surface area contributed by atoms with Gasteiger partial charge in [0.2, 0.25) is 0 Å². The number of hydrogen-bond donors (Lipinski definition) is 1. The van der Waals surface area contributed by atoms with Crippen molar-refractivity contribution in [3.05, 3.63) is 51.0 Å². The number of rotatable bonds is 8. The highest BCUT2D eigenvalue weighted by atomic mass is 79.9. The average molecular weight is 480 g/mol. The zero-order chi connectivity index (χ0) is 21.4. The summed E-state index contributed by atoms with van der Waals surface area (Å²) in [6.45, 7) is 2.52. The van der Waals surface area contributed by atoms with Crippen LogP contribution in [0.25, 0.3) is 6.08 Å². The zero-order valence-electron chi connectivity index (χ0n) is 16.2. The number of halogens is 2. The minimum atomic E-state index is -0.600. The smallest absolute Gasteiger partial charge is 0.266 e. The maximum Gasteiger partial charge on any atom is 0.266 e. The summed E-state index contributed by atoms with van der Waals surface area (Å²) in [5.74, 6) is 0.696. The summed E-state index contributed by atoms with van der Waals surface area (Å²) in [5.41, 5.74) is 0.845. The van der Waals surface area contributed by atoms with Gasteiger partial charge in [0.05, 0.1) is 31.5 Å². The van der Waals surface area contributed by atoms with E-state index in [0.29, 0.717) is 40.1 Å². The van der Waals surface area contributed by atoms with E-state index in [1.807, 2.05) is 19.1 Å². The molecule has 0 aliphatic carbocycles. The van der Waals surface area contributed by atoms with Crippen LogP contribution in [0, 0.1) is 11.3 Å². The van der Waals surface area contributed by atoms with E-state index in [-0.39, 0.29) is 5.57 Å². The van der Waals surface area contributed by atoms with Crippen molar-refractivity contribution in [1.29, 1.82) is 5.26 Å². The van der Waals surface area contributed by atoms with Gasteiger partial charge in [0.15, 0.2) is 0 Å². The predicted octanol–water partition coefficient (Wildman–Crippen LogP) is 5.45. The molecule has 0 atom stereocenters. The molecule has 1 amide bonds. The van der Waals surface area contributed by atoms with Crippen LogP contribution in [0.2, 0.25) is 5.02 Å². The van der Waals surface area contributed by atoms with Crippen molar-refractivity contribution in [2.45, 2.75) is 13.3 Å². The fourth-order valence-corrected chi connectivity index (χ4v) is 3.04. The summed E-state index contributed by atoms with van der Waals surface area (Å²) in [4.78, 5) is 12.7. The summed E-state index contributed by atoms with van der Waals surface area (Å²) < 4.78 is 16.9. The third-order valence-electron chi connectivity index (χ3n) is 3.82. The Morgan fingerprint density at radius 3 is 2.55 bits per heavy atom. The molecule has 2 rings (SSSR count). The second-order valence-electron chi connectivity index (χ2n) is 5.84. The molecule has 0 heterocycles. The lowest BCUT2D eigenvalue weighted by Crippen LogP contribution is -2.14. The summed E-state index contributed by atoms with van der Waals surface area (Å²) in [5, 5.41) is 12.5. The lowest BCUT2D eigenvalue weighted by molar-refractivity contribution is -0.112. The van der Waals surface area contributed by atoms with E-state index in [0.717, 1.165) is 10.9 Å². The largest absolute Gasteiger partial charge is 0.495 e. The zero-order valence-corrected chi connectivity index (χ0v) is 18.6. The monoisotopic (exact) mass is 478 g/mol. The van der Waals surface area contributed by atoms with Crippen molar-refractivity contribution < 1.29 is 19.0 Å². The van der Waals surface area contributed by atoms with Gasteiger partial charge < -0.3 is 19.5 Å². The summed E-state index contributed by atoms with van der Waals surface area (Å²) in [6, 6.07) is 10.4. The molecule has 0 aliphatic heterocycles. The fourth-order valence-electron chi connectivity index (χ4n) is 2.43. The Labute approximate surface area is 183 Å². The van der Waals surface area contributed by atoms with Crippen LogP contribution in [0.15, 0.2) is 40.4 Å². The number of nitriles is 1. The number of amides is 1. The number of anilines is 1. The third-order valence-corrected chi connectivity index (χ3v) is 4.61. The molecule has 0 bridgehead atoms. The van der Waals surface area contributed by atoms with Gasteiger partial charge in [-0.05, 0) is 30.7 Å². The van der Waals surface area contributed by atoms with Crippen molar-refractivity contribution in [1.82, 2.24) is 0 Å². The van der Waals surface area contributed by atoms with Crippen LogP contribution < -0.4 is 19.5 Å². The molecule has 152 valence electrons. The third kappa shape index (κ3) is 5.89.